The van der Waals surface area contributed by atoms with E-state index in [2.05, 4.69) is 4.90 Å². The molecule has 0 saturated heterocycles. The minimum atomic E-state index is -0.477. The van der Waals surface area contributed by atoms with Crippen molar-refractivity contribution in [3.8, 4) is 11.5 Å². The third-order valence-electron chi connectivity index (χ3n) is 3.99. The Hall–Kier alpha value is -1.30. The molecular weight excluding hydrogens is 294 g/mol. The van der Waals surface area contributed by atoms with Gasteiger partial charge in [-0.05, 0) is 44.9 Å². The zero-order chi connectivity index (χ0) is 16.8. The standard InChI is InChI=1S/C18H29NO4/c1-13(2)23-12-16(20)11-19(15-5-6-15)10-14-9-17(21-3)7-8-18(14)22-4/h7-9,13,15-16,20H,5-6,10-12H2,1-4H3. The van der Waals surface area contributed by atoms with Gasteiger partial charge in [0.15, 0.2) is 0 Å². The van der Waals surface area contributed by atoms with Crippen LogP contribution >= 0.6 is 0 Å². The van der Waals surface area contributed by atoms with Gasteiger partial charge in [0.2, 0.25) is 0 Å². The van der Waals surface area contributed by atoms with Crippen LogP contribution in [-0.2, 0) is 11.3 Å². The van der Waals surface area contributed by atoms with Crippen molar-refractivity contribution < 1.29 is 19.3 Å². The van der Waals surface area contributed by atoms with Crippen LogP contribution in [0.15, 0.2) is 18.2 Å². The predicted molar refractivity (Wildman–Crippen MR) is 90.1 cm³/mol. The lowest BCUT2D eigenvalue weighted by Gasteiger charge is -2.26. The van der Waals surface area contributed by atoms with E-state index in [0.717, 1.165) is 23.6 Å². The molecule has 1 unspecified atom stereocenters. The molecule has 23 heavy (non-hydrogen) atoms. The summed E-state index contributed by atoms with van der Waals surface area (Å²) in [7, 11) is 3.34. The number of benzene rings is 1. The molecule has 1 aliphatic carbocycles. The molecule has 0 radical (unpaired) electrons. The molecule has 0 spiro atoms. The van der Waals surface area contributed by atoms with Crippen LogP contribution in [0.3, 0.4) is 0 Å². The Morgan fingerprint density at radius 1 is 1.22 bits per heavy atom. The minimum absolute atomic E-state index is 0.137. The average Bonchev–Trinajstić information content (AvgIpc) is 3.37. The Bertz CT molecular complexity index is 488. The summed E-state index contributed by atoms with van der Waals surface area (Å²) in [5.41, 5.74) is 1.08. The first-order valence-electron chi connectivity index (χ1n) is 8.28. The fraction of sp³-hybridized carbons (Fsp3) is 0.667. The van der Waals surface area contributed by atoms with Crippen LogP contribution in [0.4, 0.5) is 0 Å². The zero-order valence-corrected chi connectivity index (χ0v) is 14.6. The summed E-state index contributed by atoms with van der Waals surface area (Å²) in [5.74, 6) is 1.67. The molecule has 1 atom stereocenters. The first-order valence-corrected chi connectivity index (χ1v) is 8.28. The first kappa shape index (κ1) is 18.0. The Balaban J connectivity index is 2.01. The highest BCUT2D eigenvalue weighted by Crippen LogP contribution is 2.32. The SMILES string of the molecule is COc1ccc(OC)c(CN(CC(O)COC(C)C)C2CC2)c1. The Morgan fingerprint density at radius 2 is 1.96 bits per heavy atom. The summed E-state index contributed by atoms with van der Waals surface area (Å²) in [6.45, 7) is 5.68. The lowest BCUT2D eigenvalue weighted by molar-refractivity contribution is -0.0107. The second-order valence-electron chi connectivity index (χ2n) is 6.37. The second-order valence-corrected chi connectivity index (χ2v) is 6.37. The van der Waals surface area contributed by atoms with E-state index in [1.165, 1.54) is 12.8 Å². The molecule has 1 saturated carbocycles. The average molecular weight is 323 g/mol. The van der Waals surface area contributed by atoms with E-state index in [1.54, 1.807) is 14.2 Å². The van der Waals surface area contributed by atoms with E-state index in [-0.39, 0.29) is 6.10 Å². The van der Waals surface area contributed by atoms with Gasteiger partial charge >= 0.3 is 0 Å². The highest BCUT2D eigenvalue weighted by Gasteiger charge is 2.31. The number of aliphatic hydroxyl groups is 1. The first-order chi connectivity index (χ1) is 11.0. The van der Waals surface area contributed by atoms with Crippen molar-refractivity contribution in [2.75, 3.05) is 27.4 Å². The van der Waals surface area contributed by atoms with E-state index >= 15 is 0 Å². The van der Waals surface area contributed by atoms with Gasteiger partial charge in [0.25, 0.3) is 0 Å². The third-order valence-corrected chi connectivity index (χ3v) is 3.99. The van der Waals surface area contributed by atoms with Crippen molar-refractivity contribution >= 4 is 0 Å². The van der Waals surface area contributed by atoms with Gasteiger partial charge < -0.3 is 19.3 Å². The summed E-state index contributed by atoms with van der Waals surface area (Å²) in [6, 6.07) is 6.37. The molecule has 5 heteroatoms. The van der Waals surface area contributed by atoms with E-state index in [9.17, 15) is 5.11 Å². The molecule has 2 rings (SSSR count). The number of methoxy groups -OCH3 is 2. The topological polar surface area (TPSA) is 51.2 Å². The van der Waals surface area contributed by atoms with Crippen LogP contribution in [0, 0.1) is 0 Å². The van der Waals surface area contributed by atoms with Crippen LogP contribution < -0.4 is 9.47 Å². The van der Waals surface area contributed by atoms with Gasteiger partial charge in [-0.25, -0.2) is 0 Å². The summed E-state index contributed by atoms with van der Waals surface area (Å²) in [6.07, 6.45) is 2.03. The lowest BCUT2D eigenvalue weighted by atomic mass is 10.1. The summed E-state index contributed by atoms with van der Waals surface area (Å²) in [4.78, 5) is 2.31. The second kappa shape index (κ2) is 8.52. The van der Waals surface area contributed by atoms with Crippen molar-refractivity contribution in [3.05, 3.63) is 23.8 Å². The van der Waals surface area contributed by atoms with Gasteiger partial charge in [-0.2, -0.15) is 0 Å². The lowest BCUT2D eigenvalue weighted by Crippen LogP contribution is -2.36. The molecule has 130 valence electrons. The fourth-order valence-electron chi connectivity index (χ4n) is 2.63. The number of ether oxygens (including phenoxy) is 3. The number of rotatable bonds is 10. The predicted octanol–water partition coefficient (Wildman–Crippen LogP) is 2.45. The molecule has 0 aliphatic heterocycles. The van der Waals surface area contributed by atoms with E-state index in [1.807, 2.05) is 32.0 Å². The van der Waals surface area contributed by atoms with Crippen LogP contribution in [-0.4, -0.2) is 55.6 Å². The number of hydrogen-bond acceptors (Lipinski definition) is 5. The summed E-state index contributed by atoms with van der Waals surface area (Å²) >= 11 is 0. The molecule has 1 aliphatic rings. The van der Waals surface area contributed by atoms with E-state index in [0.29, 0.717) is 19.2 Å². The van der Waals surface area contributed by atoms with Crippen molar-refractivity contribution in [2.24, 2.45) is 0 Å². The molecule has 1 N–H and O–H groups in total. The Morgan fingerprint density at radius 3 is 2.52 bits per heavy atom. The van der Waals surface area contributed by atoms with Gasteiger partial charge in [-0.3, -0.25) is 4.90 Å². The van der Waals surface area contributed by atoms with E-state index in [4.69, 9.17) is 14.2 Å². The van der Waals surface area contributed by atoms with Crippen molar-refractivity contribution in [1.29, 1.82) is 0 Å². The molecule has 5 nitrogen and oxygen atoms in total. The smallest absolute Gasteiger partial charge is 0.123 e. The van der Waals surface area contributed by atoms with Crippen LogP contribution in [0.1, 0.15) is 32.3 Å². The molecule has 1 aromatic rings. The van der Waals surface area contributed by atoms with Crippen LogP contribution in [0.2, 0.25) is 0 Å². The van der Waals surface area contributed by atoms with Crippen molar-refractivity contribution in [2.45, 2.75) is 51.5 Å². The van der Waals surface area contributed by atoms with Gasteiger partial charge in [0.1, 0.15) is 11.5 Å². The molecule has 1 fully saturated rings. The molecular formula is C18H29NO4. The molecule has 0 heterocycles. The normalized spacial score (nSPS) is 16.0. The number of nitrogens with zero attached hydrogens (tertiary/aromatic N) is 1. The molecule has 0 aromatic heterocycles. The largest absolute Gasteiger partial charge is 0.497 e. The molecule has 0 bridgehead atoms. The maximum absolute atomic E-state index is 10.2. The zero-order valence-electron chi connectivity index (χ0n) is 14.6. The molecule has 0 amide bonds. The maximum atomic E-state index is 10.2. The Labute approximate surface area is 139 Å². The van der Waals surface area contributed by atoms with Crippen molar-refractivity contribution in [1.82, 2.24) is 4.90 Å². The summed E-state index contributed by atoms with van der Waals surface area (Å²) in [5, 5.41) is 10.2. The van der Waals surface area contributed by atoms with Gasteiger partial charge in [0.05, 0.1) is 33.0 Å². The maximum Gasteiger partial charge on any atom is 0.123 e. The highest BCUT2D eigenvalue weighted by molar-refractivity contribution is 5.40. The number of aliphatic hydroxyl groups excluding tert-OH is 1. The van der Waals surface area contributed by atoms with Gasteiger partial charge in [-0.15, -0.1) is 0 Å². The van der Waals surface area contributed by atoms with Crippen molar-refractivity contribution in [3.63, 3.8) is 0 Å². The quantitative estimate of drug-likeness (QED) is 0.717. The minimum Gasteiger partial charge on any atom is -0.497 e. The van der Waals surface area contributed by atoms with Gasteiger partial charge in [-0.1, -0.05) is 0 Å². The Kier molecular flexibility index (Phi) is 6.69. The molecule has 1 aromatic carbocycles. The monoisotopic (exact) mass is 323 g/mol. The third kappa shape index (κ3) is 5.68. The highest BCUT2D eigenvalue weighted by atomic mass is 16.5. The number of hydrogen-bond donors (Lipinski definition) is 1. The van der Waals surface area contributed by atoms with E-state index < -0.39 is 6.10 Å². The van der Waals surface area contributed by atoms with Crippen LogP contribution in [0.5, 0.6) is 11.5 Å². The van der Waals surface area contributed by atoms with Crippen LogP contribution in [0.25, 0.3) is 0 Å². The fourth-order valence-corrected chi connectivity index (χ4v) is 2.63. The van der Waals surface area contributed by atoms with Gasteiger partial charge in [0, 0.05) is 24.7 Å². The summed E-state index contributed by atoms with van der Waals surface area (Å²) < 4.78 is 16.3.